The largest absolute Gasteiger partial charge is 0.468 e. The zero-order valence-corrected chi connectivity index (χ0v) is 18.2. The number of nitrogens with one attached hydrogen (secondary N) is 1. The zero-order valence-electron chi connectivity index (χ0n) is 16.6. The number of hydrogen-bond acceptors (Lipinski definition) is 7. The molecule has 168 valence electrons. The van der Waals surface area contributed by atoms with Crippen molar-refractivity contribution < 1.29 is 32.2 Å². The van der Waals surface area contributed by atoms with Gasteiger partial charge in [0.25, 0.3) is 5.91 Å². The van der Waals surface area contributed by atoms with Crippen molar-refractivity contribution in [3.63, 3.8) is 0 Å². The molecule has 1 aliphatic rings. The number of halogens is 3. The van der Waals surface area contributed by atoms with Gasteiger partial charge in [-0.3, -0.25) is 9.59 Å². The fourth-order valence-corrected chi connectivity index (χ4v) is 3.87. The highest BCUT2D eigenvalue weighted by molar-refractivity contribution is 8.26. The van der Waals surface area contributed by atoms with Crippen molar-refractivity contribution >= 4 is 46.3 Å². The highest BCUT2D eigenvalue weighted by Gasteiger charge is 2.35. The van der Waals surface area contributed by atoms with E-state index in [0.29, 0.717) is 5.56 Å². The molecule has 1 atom stereocenters. The van der Waals surface area contributed by atoms with Crippen molar-refractivity contribution in [1.29, 1.82) is 0 Å². The first-order chi connectivity index (χ1) is 15.1. The summed E-state index contributed by atoms with van der Waals surface area (Å²) in [6.07, 6.45) is -3.14. The topological polar surface area (TPSA) is 90.7 Å². The Morgan fingerprint density at radius 2 is 1.94 bits per heavy atom. The van der Waals surface area contributed by atoms with Crippen LogP contribution >= 0.6 is 24.0 Å². The number of nitrogens with two attached hydrogens (primary N) is 1. The molecular weight excluding hydrogens is 465 g/mol. The summed E-state index contributed by atoms with van der Waals surface area (Å²) in [5.41, 5.74) is 5.59. The van der Waals surface area contributed by atoms with E-state index >= 15 is 0 Å². The normalized spacial score (nSPS) is 16.1. The van der Waals surface area contributed by atoms with Gasteiger partial charge in [0.2, 0.25) is 0 Å². The molecule has 0 bridgehead atoms. The van der Waals surface area contributed by atoms with E-state index in [0.717, 1.165) is 17.8 Å². The van der Waals surface area contributed by atoms with E-state index in [1.165, 1.54) is 37.5 Å². The van der Waals surface area contributed by atoms with Crippen molar-refractivity contribution in [3.05, 3.63) is 64.1 Å². The third-order valence-corrected chi connectivity index (χ3v) is 5.52. The molecule has 0 spiro atoms. The number of benzene rings is 2. The molecule has 1 heterocycles. The summed E-state index contributed by atoms with van der Waals surface area (Å²) in [6, 6.07) is 8.82. The number of alkyl halides is 3. The number of thioether (sulfide) groups is 1. The second kappa shape index (κ2) is 9.72. The molecule has 0 saturated carbocycles. The number of carbonyl (C=O) groups is 2. The van der Waals surface area contributed by atoms with Crippen LogP contribution in [0.25, 0.3) is 6.08 Å². The summed E-state index contributed by atoms with van der Waals surface area (Å²) in [4.78, 5) is 23.4. The Hall–Kier alpha value is -2.89. The minimum absolute atomic E-state index is 0.174. The second-order valence-electron chi connectivity index (χ2n) is 6.69. The van der Waals surface area contributed by atoms with Crippen molar-refractivity contribution in [3.8, 4) is 11.5 Å². The van der Waals surface area contributed by atoms with Gasteiger partial charge in [-0.05, 0) is 47.9 Å². The molecule has 3 rings (SSSR count). The van der Waals surface area contributed by atoms with E-state index in [9.17, 15) is 22.8 Å². The average Bonchev–Trinajstić information content (AvgIpc) is 3.05. The van der Waals surface area contributed by atoms with Gasteiger partial charge in [-0.2, -0.15) is 13.2 Å². The lowest BCUT2D eigenvalue weighted by atomic mass is 10.1. The van der Waals surface area contributed by atoms with Crippen LogP contribution < -0.4 is 15.8 Å². The first-order valence-corrected chi connectivity index (χ1v) is 10.4. The van der Waals surface area contributed by atoms with E-state index in [-0.39, 0.29) is 27.0 Å². The molecule has 1 amide bonds. The Morgan fingerprint density at radius 3 is 2.50 bits per heavy atom. The molecular formula is C21H17F3N2O4S2. The molecule has 3 N–H and O–H groups in total. The van der Waals surface area contributed by atoms with Crippen LogP contribution in [-0.4, -0.2) is 29.3 Å². The van der Waals surface area contributed by atoms with Crippen LogP contribution in [0.15, 0.2) is 47.4 Å². The van der Waals surface area contributed by atoms with E-state index in [2.05, 4.69) is 10.1 Å². The molecule has 0 aromatic heterocycles. The molecule has 1 aliphatic heterocycles. The van der Waals surface area contributed by atoms with Crippen LogP contribution in [0.2, 0.25) is 0 Å². The van der Waals surface area contributed by atoms with Crippen LogP contribution in [0.5, 0.6) is 11.5 Å². The van der Waals surface area contributed by atoms with Crippen LogP contribution in [0, 0.1) is 0 Å². The van der Waals surface area contributed by atoms with Gasteiger partial charge < -0.3 is 20.5 Å². The average molecular weight is 483 g/mol. The fraction of sp³-hybridized carbons (Fsp3) is 0.190. The predicted octanol–water partition coefficient (Wildman–Crippen LogP) is 4.03. The van der Waals surface area contributed by atoms with Gasteiger partial charge in [-0.1, -0.05) is 42.2 Å². The fourth-order valence-electron chi connectivity index (χ4n) is 2.83. The van der Waals surface area contributed by atoms with E-state index in [4.69, 9.17) is 22.7 Å². The van der Waals surface area contributed by atoms with Gasteiger partial charge in [-0.15, -0.1) is 0 Å². The first-order valence-electron chi connectivity index (χ1n) is 9.13. The van der Waals surface area contributed by atoms with Crippen LogP contribution in [0.4, 0.5) is 13.2 Å². The maximum atomic E-state index is 13.6. The Bertz CT molecular complexity index is 1090. The van der Waals surface area contributed by atoms with Gasteiger partial charge in [0.1, 0.15) is 21.9 Å². The molecule has 1 fully saturated rings. The third kappa shape index (κ3) is 5.87. The number of ether oxygens (including phenoxy) is 2. The minimum atomic E-state index is -4.68. The second-order valence-corrected chi connectivity index (χ2v) is 8.40. The van der Waals surface area contributed by atoms with Crippen LogP contribution in [-0.2, 0) is 26.9 Å². The Kier molecular flexibility index (Phi) is 7.22. The number of hydrogen-bond donors (Lipinski definition) is 2. The SMILES string of the molecule is COC(=O)[C@H](N)Cc1ccc(Oc2ccc(/C=C3\SC(=S)NC3=O)cc2C(F)(F)F)cc1. The maximum Gasteiger partial charge on any atom is 0.420 e. The van der Waals surface area contributed by atoms with Crippen LogP contribution in [0.1, 0.15) is 16.7 Å². The summed E-state index contributed by atoms with van der Waals surface area (Å²) in [5, 5.41) is 2.41. The number of carbonyl (C=O) groups excluding carboxylic acids is 2. The van der Waals surface area contributed by atoms with Crippen molar-refractivity contribution in [2.75, 3.05) is 7.11 Å². The van der Waals surface area contributed by atoms with Gasteiger partial charge in [-0.25, -0.2) is 0 Å². The molecule has 0 unspecified atom stereocenters. The van der Waals surface area contributed by atoms with E-state index < -0.39 is 35.4 Å². The predicted molar refractivity (Wildman–Crippen MR) is 118 cm³/mol. The highest BCUT2D eigenvalue weighted by atomic mass is 32.2. The van der Waals surface area contributed by atoms with Crippen molar-refractivity contribution in [1.82, 2.24) is 5.32 Å². The molecule has 11 heteroatoms. The summed E-state index contributed by atoms with van der Waals surface area (Å²) < 4.78 is 51.2. The maximum absolute atomic E-state index is 13.6. The summed E-state index contributed by atoms with van der Waals surface area (Å²) in [5.74, 6) is -1.24. The number of amides is 1. The molecule has 6 nitrogen and oxygen atoms in total. The van der Waals surface area contributed by atoms with Gasteiger partial charge >= 0.3 is 12.1 Å². The van der Waals surface area contributed by atoms with Gasteiger partial charge in [0.05, 0.1) is 17.6 Å². The summed E-state index contributed by atoms with van der Waals surface area (Å²) in [7, 11) is 1.23. The highest BCUT2D eigenvalue weighted by Crippen LogP contribution is 2.39. The van der Waals surface area contributed by atoms with Gasteiger partial charge in [0, 0.05) is 0 Å². The Labute approximate surface area is 190 Å². The third-order valence-electron chi connectivity index (χ3n) is 4.36. The van der Waals surface area contributed by atoms with E-state index in [1.54, 1.807) is 12.1 Å². The number of rotatable bonds is 6. The summed E-state index contributed by atoms with van der Waals surface area (Å²) >= 11 is 5.86. The zero-order chi connectivity index (χ0) is 23.5. The molecule has 2 aromatic rings. The Balaban J connectivity index is 1.82. The Morgan fingerprint density at radius 1 is 1.25 bits per heavy atom. The standard InChI is InChI=1S/C21H17F3N2O4S2/c1-29-19(28)15(25)9-11-2-5-13(6-3-11)30-16-7-4-12(8-14(16)21(22,23)24)10-17-18(27)26-20(31)32-17/h2-8,10,15H,9,25H2,1H3,(H,26,27,31)/b17-10-/t15-/m1/s1. The lowest BCUT2D eigenvalue weighted by Crippen LogP contribution is -2.33. The smallest absolute Gasteiger partial charge is 0.420 e. The van der Waals surface area contributed by atoms with Gasteiger partial charge in [0.15, 0.2) is 0 Å². The van der Waals surface area contributed by atoms with E-state index in [1.807, 2.05) is 0 Å². The van der Waals surface area contributed by atoms with Crippen LogP contribution in [0.3, 0.4) is 0 Å². The molecule has 2 aromatic carbocycles. The number of methoxy groups -OCH3 is 1. The van der Waals surface area contributed by atoms with Crippen molar-refractivity contribution in [2.45, 2.75) is 18.6 Å². The lowest BCUT2D eigenvalue weighted by molar-refractivity contribution is -0.142. The lowest BCUT2D eigenvalue weighted by Gasteiger charge is -2.15. The number of thiocarbonyl (C=S) groups is 1. The molecule has 32 heavy (non-hydrogen) atoms. The summed E-state index contributed by atoms with van der Waals surface area (Å²) in [6.45, 7) is 0. The monoisotopic (exact) mass is 482 g/mol. The minimum Gasteiger partial charge on any atom is -0.468 e. The first kappa shape index (κ1) is 23.8. The van der Waals surface area contributed by atoms with Crippen molar-refractivity contribution in [2.24, 2.45) is 5.73 Å². The molecule has 1 saturated heterocycles. The molecule has 0 aliphatic carbocycles. The molecule has 0 radical (unpaired) electrons. The number of esters is 1. The quantitative estimate of drug-likeness (QED) is 0.365.